The van der Waals surface area contributed by atoms with E-state index in [1.165, 1.54) is 7.11 Å². The van der Waals surface area contributed by atoms with E-state index in [4.69, 9.17) is 10.5 Å². The number of aromatic hydroxyl groups is 1. The number of hydrogen-bond acceptors (Lipinski definition) is 4. The first-order valence-corrected chi connectivity index (χ1v) is 5.97. The Balaban J connectivity index is 2.00. The van der Waals surface area contributed by atoms with Gasteiger partial charge in [0.2, 0.25) is 5.91 Å². The summed E-state index contributed by atoms with van der Waals surface area (Å²) >= 11 is 0. The Labute approximate surface area is 106 Å². The minimum Gasteiger partial charge on any atom is -0.504 e. The van der Waals surface area contributed by atoms with Gasteiger partial charge >= 0.3 is 0 Å². The highest BCUT2D eigenvalue weighted by Gasteiger charge is 2.26. The van der Waals surface area contributed by atoms with E-state index in [0.29, 0.717) is 12.3 Å². The Kier molecular flexibility index (Phi) is 3.72. The first-order chi connectivity index (χ1) is 8.60. The van der Waals surface area contributed by atoms with E-state index >= 15 is 0 Å². The molecular weight excluding hydrogens is 232 g/mol. The molecule has 2 rings (SSSR count). The van der Waals surface area contributed by atoms with Gasteiger partial charge in [0, 0.05) is 13.1 Å². The standard InChI is InChI=1S/C13H18N2O3/c1-18-12-6-9(2-3-11(12)16)7-15-5-4-10(8-15)13(14)17/h2-3,6,10,16H,4-5,7-8H2,1H3,(H2,14,17). The van der Waals surface area contributed by atoms with Gasteiger partial charge in [0.1, 0.15) is 0 Å². The fourth-order valence-electron chi connectivity index (χ4n) is 2.29. The molecule has 1 atom stereocenters. The molecule has 0 aliphatic carbocycles. The van der Waals surface area contributed by atoms with E-state index in [2.05, 4.69) is 4.90 Å². The number of amides is 1. The average Bonchev–Trinajstić information content (AvgIpc) is 2.80. The lowest BCUT2D eigenvalue weighted by atomic mass is 10.1. The summed E-state index contributed by atoms with van der Waals surface area (Å²) in [5.41, 5.74) is 6.35. The molecule has 1 amide bonds. The summed E-state index contributed by atoms with van der Waals surface area (Å²) in [4.78, 5) is 13.3. The van der Waals surface area contributed by atoms with Crippen LogP contribution in [-0.4, -0.2) is 36.1 Å². The van der Waals surface area contributed by atoms with Gasteiger partial charge in [-0.15, -0.1) is 0 Å². The predicted molar refractivity (Wildman–Crippen MR) is 67.2 cm³/mol. The molecule has 0 radical (unpaired) electrons. The summed E-state index contributed by atoms with van der Waals surface area (Å²) in [7, 11) is 1.53. The van der Waals surface area contributed by atoms with Crippen LogP contribution in [0, 0.1) is 5.92 Å². The zero-order valence-corrected chi connectivity index (χ0v) is 10.4. The largest absolute Gasteiger partial charge is 0.504 e. The number of ether oxygens (including phenoxy) is 1. The summed E-state index contributed by atoms with van der Waals surface area (Å²) in [6.45, 7) is 2.32. The maximum Gasteiger partial charge on any atom is 0.221 e. The molecule has 1 aliphatic rings. The Hall–Kier alpha value is -1.75. The SMILES string of the molecule is COc1cc(CN2CCC(C(N)=O)C2)ccc1O. The van der Waals surface area contributed by atoms with E-state index in [1.54, 1.807) is 6.07 Å². The molecule has 0 aromatic heterocycles. The molecule has 3 N–H and O–H groups in total. The summed E-state index contributed by atoms with van der Waals surface area (Å²) < 4.78 is 5.07. The number of likely N-dealkylation sites (tertiary alicyclic amines) is 1. The van der Waals surface area contributed by atoms with Gasteiger partial charge in [-0.05, 0) is 30.7 Å². The van der Waals surface area contributed by atoms with Crippen molar-refractivity contribution >= 4 is 5.91 Å². The van der Waals surface area contributed by atoms with Crippen molar-refractivity contribution in [3.8, 4) is 11.5 Å². The Morgan fingerprint density at radius 3 is 3.00 bits per heavy atom. The van der Waals surface area contributed by atoms with Crippen LogP contribution in [0.5, 0.6) is 11.5 Å². The van der Waals surface area contributed by atoms with Gasteiger partial charge in [0.25, 0.3) is 0 Å². The fourth-order valence-corrected chi connectivity index (χ4v) is 2.29. The number of hydrogen-bond donors (Lipinski definition) is 2. The van der Waals surface area contributed by atoms with Crippen molar-refractivity contribution in [2.75, 3.05) is 20.2 Å². The third-order valence-electron chi connectivity index (χ3n) is 3.33. The number of primary amides is 1. The van der Waals surface area contributed by atoms with E-state index < -0.39 is 0 Å². The molecule has 1 aromatic rings. The van der Waals surface area contributed by atoms with Crippen LogP contribution in [0.15, 0.2) is 18.2 Å². The molecule has 5 heteroatoms. The number of nitrogens with zero attached hydrogens (tertiary/aromatic N) is 1. The number of phenolic OH excluding ortho intramolecular Hbond substituents is 1. The fraction of sp³-hybridized carbons (Fsp3) is 0.462. The molecule has 0 saturated carbocycles. The van der Waals surface area contributed by atoms with Crippen LogP contribution >= 0.6 is 0 Å². The van der Waals surface area contributed by atoms with Crippen LogP contribution in [0.4, 0.5) is 0 Å². The van der Waals surface area contributed by atoms with Gasteiger partial charge in [-0.1, -0.05) is 6.07 Å². The van der Waals surface area contributed by atoms with Gasteiger partial charge in [0.15, 0.2) is 11.5 Å². The first kappa shape index (κ1) is 12.7. The second-order valence-corrected chi connectivity index (χ2v) is 4.63. The van der Waals surface area contributed by atoms with Crippen molar-refractivity contribution in [3.63, 3.8) is 0 Å². The van der Waals surface area contributed by atoms with Crippen molar-refractivity contribution in [1.29, 1.82) is 0 Å². The van der Waals surface area contributed by atoms with Crippen LogP contribution in [0.25, 0.3) is 0 Å². The van der Waals surface area contributed by atoms with Crippen molar-refractivity contribution in [3.05, 3.63) is 23.8 Å². The Morgan fingerprint density at radius 1 is 1.61 bits per heavy atom. The zero-order chi connectivity index (χ0) is 13.1. The second-order valence-electron chi connectivity index (χ2n) is 4.63. The number of carbonyl (C=O) groups excluding carboxylic acids is 1. The third-order valence-corrected chi connectivity index (χ3v) is 3.33. The maximum atomic E-state index is 11.1. The number of nitrogens with two attached hydrogens (primary N) is 1. The van der Waals surface area contributed by atoms with Gasteiger partial charge in [-0.2, -0.15) is 0 Å². The van der Waals surface area contributed by atoms with E-state index in [0.717, 1.165) is 25.1 Å². The molecule has 1 fully saturated rings. The van der Waals surface area contributed by atoms with E-state index in [1.807, 2.05) is 12.1 Å². The van der Waals surface area contributed by atoms with Gasteiger partial charge in [0.05, 0.1) is 13.0 Å². The van der Waals surface area contributed by atoms with Gasteiger partial charge in [-0.25, -0.2) is 0 Å². The molecule has 1 saturated heterocycles. The normalized spacial score (nSPS) is 19.9. The monoisotopic (exact) mass is 250 g/mol. The molecular formula is C13H18N2O3. The molecule has 1 aromatic carbocycles. The molecule has 98 valence electrons. The minimum atomic E-state index is -0.221. The topological polar surface area (TPSA) is 75.8 Å². The molecule has 1 heterocycles. The Bertz CT molecular complexity index is 448. The number of methoxy groups -OCH3 is 1. The molecule has 0 spiro atoms. The lowest BCUT2D eigenvalue weighted by molar-refractivity contribution is -0.121. The van der Waals surface area contributed by atoms with Crippen molar-refractivity contribution in [2.24, 2.45) is 11.7 Å². The summed E-state index contributed by atoms with van der Waals surface area (Å²) in [5.74, 6) is 0.348. The first-order valence-electron chi connectivity index (χ1n) is 5.97. The average molecular weight is 250 g/mol. The maximum absolute atomic E-state index is 11.1. The Morgan fingerprint density at radius 2 is 2.39 bits per heavy atom. The number of benzene rings is 1. The molecule has 5 nitrogen and oxygen atoms in total. The van der Waals surface area contributed by atoms with Crippen LogP contribution in [0.3, 0.4) is 0 Å². The summed E-state index contributed by atoms with van der Waals surface area (Å²) in [6, 6.07) is 5.29. The highest BCUT2D eigenvalue weighted by molar-refractivity contribution is 5.77. The minimum absolute atomic E-state index is 0.0380. The lowest BCUT2D eigenvalue weighted by Crippen LogP contribution is -2.27. The zero-order valence-electron chi connectivity index (χ0n) is 10.4. The van der Waals surface area contributed by atoms with Gasteiger partial charge in [-0.3, -0.25) is 9.69 Å². The van der Waals surface area contributed by atoms with E-state index in [-0.39, 0.29) is 17.6 Å². The lowest BCUT2D eigenvalue weighted by Gasteiger charge is -2.16. The number of phenols is 1. The number of rotatable bonds is 4. The second kappa shape index (κ2) is 5.27. The summed E-state index contributed by atoms with van der Waals surface area (Å²) in [5, 5.41) is 9.51. The van der Waals surface area contributed by atoms with E-state index in [9.17, 15) is 9.90 Å². The van der Waals surface area contributed by atoms with Crippen molar-refractivity contribution < 1.29 is 14.6 Å². The van der Waals surface area contributed by atoms with Crippen molar-refractivity contribution in [1.82, 2.24) is 4.90 Å². The number of carbonyl (C=O) groups is 1. The molecule has 0 bridgehead atoms. The molecule has 18 heavy (non-hydrogen) atoms. The smallest absolute Gasteiger partial charge is 0.221 e. The van der Waals surface area contributed by atoms with Crippen molar-refractivity contribution in [2.45, 2.75) is 13.0 Å². The van der Waals surface area contributed by atoms with Crippen LogP contribution in [0.2, 0.25) is 0 Å². The highest BCUT2D eigenvalue weighted by atomic mass is 16.5. The van der Waals surface area contributed by atoms with Crippen LogP contribution < -0.4 is 10.5 Å². The highest BCUT2D eigenvalue weighted by Crippen LogP contribution is 2.27. The molecule has 1 unspecified atom stereocenters. The summed E-state index contributed by atoms with van der Waals surface area (Å²) in [6.07, 6.45) is 0.824. The van der Waals surface area contributed by atoms with Crippen LogP contribution in [0.1, 0.15) is 12.0 Å². The molecule has 1 aliphatic heterocycles. The quantitative estimate of drug-likeness (QED) is 0.825. The van der Waals surface area contributed by atoms with Crippen LogP contribution in [-0.2, 0) is 11.3 Å². The third kappa shape index (κ3) is 2.73. The predicted octanol–water partition coefficient (Wildman–Crippen LogP) is 0.708. The van der Waals surface area contributed by atoms with Gasteiger partial charge < -0.3 is 15.6 Å².